The van der Waals surface area contributed by atoms with Crippen LogP contribution in [0.25, 0.3) is 6.08 Å². The lowest BCUT2D eigenvalue weighted by molar-refractivity contribution is -0.122. The van der Waals surface area contributed by atoms with Gasteiger partial charge in [0.05, 0.1) is 6.10 Å². The minimum absolute atomic E-state index is 0.118. The summed E-state index contributed by atoms with van der Waals surface area (Å²) < 4.78 is 5.56. The zero-order chi connectivity index (χ0) is 15.4. The quantitative estimate of drug-likeness (QED) is 0.669. The van der Waals surface area contributed by atoms with Crippen LogP contribution >= 0.6 is 0 Å². The number of benzene rings is 1. The number of rotatable bonds is 5. The highest BCUT2D eigenvalue weighted by Crippen LogP contribution is 2.18. The fourth-order valence-electron chi connectivity index (χ4n) is 2.08. The van der Waals surface area contributed by atoms with E-state index in [1.807, 2.05) is 45.0 Å². The number of hydrogen-bond donors (Lipinski definition) is 1. The number of hydrogen-bond acceptors (Lipinski definition) is 3. The van der Waals surface area contributed by atoms with Crippen LogP contribution in [0.1, 0.15) is 32.8 Å². The summed E-state index contributed by atoms with van der Waals surface area (Å²) in [5.41, 5.74) is 1.15. The molecule has 0 unspecified atom stereocenters. The zero-order valence-electron chi connectivity index (χ0n) is 12.6. The van der Waals surface area contributed by atoms with Crippen molar-refractivity contribution in [3.63, 3.8) is 0 Å². The summed E-state index contributed by atoms with van der Waals surface area (Å²) in [5, 5.41) is 2.60. The van der Waals surface area contributed by atoms with Gasteiger partial charge >= 0.3 is 6.03 Å². The molecule has 5 heteroatoms. The predicted octanol–water partition coefficient (Wildman–Crippen LogP) is 2.78. The molecule has 1 aromatic rings. The molecule has 1 heterocycles. The predicted molar refractivity (Wildman–Crippen MR) is 80.7 cm³/mol. The van der Waals surface area contributed by atoms with Crippen LogP contribution in [0.4, 0.5) is 4.79 Å². The molecule has 2 rings (SSSR count). The fraction of sp³-hybridized carbons (Fsp3) is 0.375. The average molecular weight is 288 g/mol. The molecule has 1 aromatic carbocycles. The van der Waals surface area contributed by atoms with Crippen LogP contribution in [0.3, 0.4) is 0 Å². The summed E-state index contributed by atoms with van der Waals surface area (Å²) in [6.07, 6.45) is 2.54. The third kappa shape index (κ3) is 3.62. The maximum Gasteiger partial charge on any atom is 0.329 e. The smallest absolute Gasteiger partial charge is 0.329 e. The Morgan fingerprint density at radius 1 is 1.24 bits per heavy atom. The molecule has 1 aliphatic heterocycles. The SMILES string of the molecule is CCCN1C(=O)N/C(=C/c2ccc(OC(C)C)cc2)C1=O. The first-order valence-corrected chi connectivity index (χ1v) is 7.12. The molecular formula is C16H20N2O3. The fourth-order valence-corrected chi connectivity index (χ4v) is 2.08. The number of nitrogens with zero attached hydrogens (tertiary/aromatic N) is 1. The summed E-state index contributed by atoms with van der Waals surface area (Å²) >= 11 is 0. The summed E-state index contributed by atoms with van der Waals surface area (Å²) in [6, 6.07) is 7.04. The van der Waals surface area contributed by atoms with E-state index in [2.05, 4.69) is 5.32 Å². The monoisotopic (exact) mass is 288 g/mol. The second-order valence-electron chi connectivity index (χ2n) is 5.18. The number of nitrogens with one attached hydrogen (secondary N) is 1. The van der Waals surface area contributed by atoms with E-state index < -0.39 is 0 Å². The van der Waals surface area contributed by atoms with E-state index in [9.17, 15) is 9.59 Å². The van der Waals surface area contributed by atoms with Crippen LogP contribution in [0.15, 0.2) is 30.0 Å². The van der Waals surface area contributed by atoms with Gasteiger partial charge in [0.1, 0.15) is 11.4 Å². The van der Waals surface area contributed by atoms with Crippen LogP contribution in [0.2, 0.25) is 0 Å². The Labute approximate surface area is 124 Å². The summed E-state index contributed by atoms with van der Waals surface area (Å²) in [5.74, 6) is 0.505. The lowest BCUT2D eigenvalue weighted by Crippen LogP contribution is -2.31. The molecule has 3 amide bonds. The molecule has 1 saturated heterocycles. The van der Waals surface area contributed by atoms with E-state index in [-0.39, 0.29) is 18.0 Å². The molecule has 0 saturated carbocycles. The highest BCUT2D eigenvalue weighted by atomic mass is 16.5. The van der Waals surface area contributed by atoms with Gasteiger partial charge in [-0.25, -0.2) is 4.79 Å². The Kier molecular flexibility index (Phi) is 4.62. The van der Waals surface area contributed by atoms with Crippen LogP contribution in [0, 0.1) is 0 Å². The maximum atomic E-state index is 12.1. The summed E-state index contributed by atoms with van der Waals surface area (Å²) in [7, 11) is 0. The second kappa shape index (κ2) is 6.43. The van der Waals surface area contributed by atoms with Crippen molar-refractivity contribution in [2.75, 3.05) is 6.54 Å². The van der Waals surface area contributed by atoms with Gasteiger partial charge in [-0.15, -0.1) is 0 Å². The van der Waals surface area contributed by atoms with E-state index in [4.69, 9.17) is 4.74 Å². The zero-order valence-corrected chi connectivity index (χ0v) is 12.6. The molecule has 0 bridgehead atoms. The Morgan fingerprint density at radius 3 is 2.48 bits per heavy atom. The summed E-state index contributed by atoms with van der Waals surface area (Å²) in [4.78, 5) is 25.0. The van der Waals surface area contributed by atoms with Crippen LogP contribution in [-0.4, -0.2) is 29.5 Å². The molecule has 112 valence electrons. The molecular weight excluding hydrogens is 268 g/mol. The molecule has 0 radical (unpaired) electrons. The number of ether oxygens (including phenoxy) is 1. The molecule has 0 aromatic heterocycles. The minimum Gasteiger partial charge on any atom is -0.491 e. The molecule has 1 fully saturated rings. The van der Waals surface area contributed by atoms with E-state index >= 15 is 0 Å². The average Bonchev–Trinajstić information content (AvgIpc) is 2.69. The topological polar surface area (TPSA) is 58.6 Å². The Balaban J connectivity index is 2.13. The van der Waals surface area contributed by atoms with Crippen molar-refractivity contribution >= 4 is 18.0 Å². The first-order chi connectivity index (χ1) is 10.0. The van der Waals surface area contributed by atoms with Gasteiger partial charge in [0.15, 0.2) is 0 Å². The lowest BCUT2D eigenvalue weighted by Gasteiger charge is -2.09. The van der Waals surface area contributed by atoms with Crippen molar-refractivity contribution < 1.29 is 14.3 Å². The molecule has 21 heavy (non-hydrogen) atoms. The molecule has 0 spiro atoms. The van der Waals surface area contributed by atoms with E-state index in [0.717, 1.165) is 17.7 Å². The van der Waals surface area contributed by atoms with Crippen LogP contribution in [0.5, 0.6) is 5.75 Å². The first-order valence-electron chi connectivity index (χ1n) is 7.12. The molecule has 0 aliphatic carbocycles. The van der Waals surface area contributed by atoms with Gasteiger partial charge in [0.2, 0.25) is 0 Å². The van der Waals surface area contributed by atoms with Gasteiger partial charge in [-0.1, -0.05) is 19.1 Å². The summed E-state index contributed by atoms with van der Waals surface area (Å²) in [6.45, 7) is 6.29. The molecule has 0 atom stereocenters. The second-order valence-corrected chi connectivity index (χ2v) is 5.18. The Hall–Kier alpha value is -2.30. The van der Waals surface area contributed by atoms with Gasteiger partial charge < -0.3 is 10.1 Å². The van der Waals surface area contributed by atoms with Crippen molar-refractivity contribution in [3.05, 3.63) is 35.5 Å². The maximum absolute atomic E-state index is 12.1. The first kappa shape index (κ1) is 15.1. The third-order valence-corrected chi connectivity index (χ3v) is 2.97. The Morgan fingerprint density at radius 2 is 1.90 bits per heavy atom. The molecule has 1 aliphatic rings. The minimum atomic E-state index is -0.354. The van der Waals surface area contributed by atoms with Crippen LogP contribution in [-0.2, 0) is 4.79 Å². The molecule has 5 nitrogen and oxygen atoms in total. The van der Waals surface area contributed by atoms with Crippen molar-refractivity contribution in [2.24, 2.45) is 0 Å². The van der Waals surface area contributed by atoms with E-state index in [1.165, 1.54) is 4.90 Å². The highest BCUT2D eigenvalue weighted by Gasteiger charge is 2.32. The largest absolute Gasteiger partial charge is 0.491 e. The third-order valence-electron chi connectivity index (χ3n) is 2.97. The molecule has 1 N–H and O–H groups in total. The standard InChI is InChI=1S/C16H20N2O3/c1-4-9-18-15(19)14(17-16(18)20)10-12-5-7-13(8-6-12)21-11(2)3/h5-8,10-11H,4,9H2,1-3H3,(H,17,20)/b14-10+. The van der Waals surface area contributed by atoms with Gasteiger partial charge in [0.25, 0.3) is 5.91 Å². The number of carbonyl (C=O) groups is 2. The number of urea groups is 1. The number of imide groups is 1. The van der Waals surface area contributed by atoms with Crippen molar-refractivity contribution in [1.82, 2.24) is 10.2 Å². The van der Waals surface area contributed by atoms with Gasteiger partial charge in [0, 0.05) is 6.54 Å². The van der Waals surface area contributed by atoms with Crippen molar-refractivity contribution in [3.8, 4) is 5.75 Å². The number of carbonyl (C=O) groups excluding carboxylic acids is 2. The number of amides is 3. The van der Waals surface area contributed by atoms with Gasteiger partial charge in [-0.05, 0) is 44.0 Å². The van der Waals surface area contributed by atoms with Gasteiger partial charge in [-0.3, -0.25) is 9.69 Å². The van der Waals surface area contributed by atoms with E-state index in [0.29, 0.717) is 12.2 Å². The lowest BCUT2D eigenvalue weighted by atomic mass is 10.2. The van der Waals surface area contributed by atoms with Gasteiger partial charge in [-0.2, -0.15) is 0 Å². The Bertz CT molecular complexity index is 561. The van der Waals surface area contributed by atoms with Crippen molar-refractivity contribution in [2.45, 2.75) is 33.3 Å². The highest BCUT2D eigenvalue weighted by molar-refractivity contribution is 6.13. The van der Waals surface area contributed by atoms with E-state index in [1.54, 1.807) is 6.08 Å². The van der Waals surface area contributed by atoms with Crippen molar-refractivity contribution in [1.29, 1.82) is 0 Å². The van der Waals surface area contributed by atoms with Crippen LogP contribution < -0.4 is 10.1 Å². The normalized spacial score (nSPS) is 16.8.